The Morgan fingerprint density at radius 2 is 1.45 bits per heavy atom. The van der Waals surface area contributed by atoms with Crippen molar-refractivity contribution in [1.29, 1.82) is 5.26 Å². The van der Waals surface area contributed by atoms with Crippen molar-refractivity contribution in [2.24, 2.45) is 5.73 Å². The lowest BCUT2D eigenvalue weighted by atomic mass is 9.94. The summed E-state index contributed by atoms with van der Waals surface area (Å²) in [5, 5.41) is 13.8. The molecular formula is C34H25N5O3. The number of aromatic nitrogens is 2. The topological polar surface area (TPSA) is 106 Å². The van der Waals surface area contributed by atoms with Gasteiger partial charge in [0, 0.05) is 45.0 Å². The minimum Gasteiger partial charge on any atom is -0.497 e. The van der Waals surface area contributed by atoms with Crippen molar-refractivity contribution in [3.63, 3.8) is 0 Å². The van der Waals surface area contributed by atoms with E-state index in [-0.39, 0.29) is 30.4 Å². The van der Waals surface area contributed by atoms with Crippen LogP contribution in [-0.2, 0) is 6.54 Å². The molecule has 204 valence electrons. The predicted octanol–water partition coefficient (Wildman–Crippen LogP) is 5.82. The smallest absolute Gasteiger partial charge is 0.262 e. The molecule has 2 N–H and O–H groups in total. The van der Waals surface area contributed by atoms with E-state index in [4.69, 9.17) is 10.5 Å². The maximum Gasteiger partial charge on any atom is 0.262 e. The van der Waals surface area contributed by atoms with Gasteiger partial charge in [-0.15, -0.1) is 0 Å². The summed E-state index contributed by atoms with van der Waals surface area (Å²) in [7, 11) is 1.61. The third kappa shape index (κ3) is 2.65. The zero-order valence-corrected chi connectivity index (χ0v) is 22.8. The van der Waals surface area contributed by atoms with Crippen LogP contribution in [0, 0.1) is 11.3 Å². The van der Waals surface area contributed by atoms with E-state index in [9.17, 15) is 14.9 Å². The SMILES string of the molecule is COc1ccc(CN2C(=O)c3c(c4c5ccccc5n5c4c4c3c3ccccc3n4C3CC5[C@](N)(C#N)C3)C2=O)cc1. The fourth-order valence-electron chi connectivity index (χ4n) is 8.03. The van der Waals surface area contributed by atoms with Crippen molar-refractivity contribution in [3.05, 3.63) is 89.5 Å². The first-order chi connectivity index (χ1) is 20.4. The number of benzene rings is 4. The van der Waals surface area contributed by atoms with Crippen LogP contribution in [0.3, 0.4) is 0 Å². The van der Waals surface area contributed by atoms with Gasteiger partial charge in [-0.1, -0.05) is 48.5 Å². The lowest BCUT2D eigenvalue weighted by Crippen LogP contribution is -2.43. The molecule has 42 heavy (non-hydrogen) atoms. The van der Waals surface area contributed by atoms with E-state index in [0.717, 1.165) is 49.2 Å². The fourth-order valence-corrected chi connectivity index (χ4v) is 8.03. The second-order valence-electron chi connectivity index (χ2n) is 11.8. The second kappa shape index (κ2) is 7.78. The van der Waals surface area contributed by atoms with Gasteiger partial charge in [0.25, 0.3) is 11.8 Å². The van der Waals surface area contributed by atoms with E-state index in [2.05, 4.69) is 21.3 Å². The largest absolute Gasteiger partial charge is 0.497 e. The first kappa shape index (κ1) is 23.6. The number of rotatable bonds is 3. The highest BCUT2D eigenvalue weighted by Crippen LogP contribution is 2.56. The number of fused-ring (bicyclic) bond motifs is 13. The molecule has 3 aliphatic rings. The highest BCUT2D eigenvalue weighted by atomic mass is 16.5. The van der Waals surface area contributed by atoms with Crippen molar-refractivity contribution in [1.82, 2.24) is 14.0 Å². The van der Waals surface area contributed by atoms with Crippen LogP contribution in [0.1, 0.15) is 51.2 Å². The lowest BCUT2D eigenvalue weighted by molar-refractivity contribution is 0.0643. The number of nitriles is 1. The average Bonchev–Trinajstić information content (AvgIpc) is 3.68. The van der Waals surface area contributed by atoms with Crippen LogP contribution in [-0.4, -0.2) is 38.5 Å². The monoisotopic (exact) mass is 551 g/mol. The molecule has 8 heteroatoms. The van der Waals surface area contributed by atoms with Crippen LogP contribution in [0.5, 0.6) is 5.75 Å². The number of carbonyl (C=O) groups is 2. The van der Waals surface area contributed by atoms with Crippen molar-refractivity contribution in [3.8, 4) is 11.8 Å². The number of nitrogens with zero attached hydrogens (tertiary/aromatic N) is 4. The summed E-state index contributed by atoms with van der Waals surface area (Å²) in [6.07, 6.45) is 1.19. The van der Waals surface area contributed by atoms with Gasteiger partial charge < -0.3 is 19.6 Å². The summed E-state index contributed by atoms with van der Waals surface area (Å²) in [5.74, 6) is 0.121. The summed E-state index contributed by atoms with van der Waals surface area (Å²) in [4.78, 5) is 30.2. The van der Waals surface area contributed by atoms with E-state index in [1.807, 2.05) is 66.7 Å². The third-order valence-electron chi connectivity index (χ3n) is 9.76. The molecule has 6 aromatic rings. The molecule has 1 aliphatic carbocycles. The Morgan fingerprint density at radius 1 is 0.881 bits per heavy atom. The number of imide groups is 1. The normalized spacial score (nSPS) is 22.5. The summed E-state index contributed by atoms with van der Waals surface area (Å²) in [6, 6.07) is 25.6. The first-order valence-corrected chi connectivity index (χ1v) is 14.2. The number of methoxy groups -OCH3 is 1. The molecule has 0 radical (unpaired) electrons. The van der Waals surface area contributed by atoms with Crippen LogP contribution in [0.2, 0.25) is 0 Å². The number of para-hydroxylation sites is 2. The fraction of sp³-hybridized carbons (Fsp3) is 0.206. The van der Waals surface area contributed by atoms with Gasteiger partial charge in [-0.05, 0) is 36.2 Å². The molecule has 4 heterocycles. The molecule has 4 aromatic carbocycles. The number of hydrogen-bond acceptors (Lipinski definition) is 5. The zero-order valence-electron chi connectivity index (χ0n) is 22.8. The van der Waals surface area contributed by atoms with Crippen LogP contribution < -0.4 is 10.5 Å². The van der Waals surface area contributed by atoms with E-state index in [0.29, 0.717) is 29.7 Å². The van der Waals surface area contributed by atoms with Gasteiger partial charge in [0.1, 0.15) is 11.3 Å². The molecular weight excluding hydrogens is 526 g/mol. The number of carbonyl (C=O) groups excluding carboxylic acids is 2. The standard InChI is InChI=1S/C34H25N5O3/c1-42-20-12-10-18(11-13-20)16-37-32(40)28-26-21-6-2-4-8-23(21)38-19-14-25(34(36,15-19)17-35)39-24-9-5-3-7-22(24)27(29(28)33(37)41)31(39)30(26)38/h2-13,19,25H,14-16,36H2,1H3/t19?,25?,34-/m1/s1. The molecule has 8 nitrogen and oxygen atoms in total. The van der Waals surface area contributed by atoms with Crippen LogP contribution in [0.4, 0.5) is 0 Å². The molecule has 3 atom stereocenters. The van der Waals surface area contributed by atoms with Gasteiger partial charge in [0.05, 0.1) is 47.9 Å². The maximum absolute atomic E-state index is 14.4. The molecule has 9 rings (SSSR count). The summed E-state index contributed by atoms with van der Waals surface area (Å²) in [5.41, 5.74) is 11.3. The number of hydrogen-bond donors (Lipinski definition) is 1. The maximum atomic E-state index is 14.4. The summed E-state index contributed by atoms with van der Waals surface area (Å²) < 4.78 is 9.81. The van der Waals surface area contributed by atoms with E-state index in [1.165, 1.54) is 4.90 Å². The molecule has 2 aromatic heterocycles. The Kier molecular flexibility index (Phi) is 4.37. The second-order valence-corrected chi connectivity index (χ2v) is 11.8. The van der Waals surface area contributed by atoms with E-state index in [1.54, 1.807) is 7.11 Å². The van der Waals surface area contributed by atoms with E-state index < -0.39 is 5.54 Å². The van der Waals surface area contributed by atoms with Crippen molar-refractivity contribution >= 4 is 55.4 Å². The first-order valence-electron chi connectivity index (χ1n) is 14.2. The molecule has 2 aliphatic heterocycles. The predicted molar refractivity (Wildman–Crippen MR) is 159 cm³/mol. The Labute approximate surface area is 240 Å². The third-order valence-corrected chi connectivity index (χ3v) is 9.76. The van der Waals surface area contributed by atoms with Gasteiger partial charge in [-0.3, -0.25) is 14.5 Å². The molecule has 2 bridgehead atoms. The van der Waals surface area contributed by atoms with Gasteiger partial charge >= 0.3 is 0 Å². The van der Waals surface area contributed by atoms with Gasteiger partial charge in [-0.25, -0.2) is 0 Å². The number of nitrogens with two attached hydrogens (primary N) is 1. The molecule has 0 spiro atoms. The Hall–Kier alpha value is -5.13. The van der Waals surface area contributed by atoms with Gasteiger partial charge in [0.2, 0.25) is 0 Å². The highest BCUT2D eigenvalue weighted by molar-refractivity contribution is 6.39. The molecule has 2 amide bonds. The summed E-state index contributed by atoms with van der Waals surface area (Å²) in [6.45, 7) is 0.155. The Morgan fingerprint density at radius 3 is 2.05 bits per heavy atom. The van der Waals surface area contributed by atoms with Crippen molar-refractivity contribution in [2.75, 3.05) is 7.11 Å². The van der Waals surface area contributed by atoms with Crippen LogP contribution >= 0.6 is 0 Å². The Bertz CT molecular complexity index is 2250. The molecule has 2 unspecified atom stereocenters. The number of amides is 2. The van der Waals surface area contributed by atoms with Crippen molar-refractivity contribution < 1.29 is 14.3 Å². The summed E-state index contributed by atoms with van der Waals surface area (Å²) >= 11 is 0. The number of ether oxygens (including phenoxy) is 1. The quantitative estimate of drug-likeness (QED) is 0.279. The minimum atomic E-state index is -1.08. The molecule has 1 fully saturated rings. The minimum absolute atomic E-state index is 0.0235. The van der Waals surface area contributed by atoms with Gasteiger partial charge in [0.15, 0.2) is 0 Å². The zero-order chi connectivity index (χ0) is 28.5. The Balaban J connectivity index is 1.44. The van der Waals surface area contributed by atoms with Crippen molar-refractivity contribution in [2.45, 2.75) is 37.0 Å². The van der Waals surface area contributed by atoms with Crippen LogP contribution in [0.15, 0.2) is 72.8 Å². The van der Waals surface area contributed by atoms with Crippen LogP contribution in [0.25, 0.3) is 43.6 Å². The lowest BCUT2D eigenvalue weighted by Gasteiger charge is -2.27. The molecule has 0 saturated heterocycles. The van der Waals surface area contributed by atoms with Gasteiger partial charge in [-0.2, -0.15) is 5.26 Å². The average molecular weight is 552 g/mol. The highest BCUT2D eigenvalue weighted by Gasteiger charge is 2.52. The van der Waals surface area contributed by atoms with E-state index >= 15 is 0 Å². The molecule has 1 saturated carbocycles.